The van der Waals surface area contributed by atoms with Gasteiger partial charge in [0.1, 0.15) is 24.1 Å². The molecule has 1 saturated heterocycles. The molecule has 0 bridgehead atoms. The Balaban J connectivity index is 1.67. The minimum atomic E-state index is -1.59. The average molecular weight is 360 g/mol. The van der Waals surface area contributed by atoms with Crippen molar-refractivity contribution in [3.05, 3.63) is 69.8 Å². The summed E-state index contributed by atoms with van der Waals surface area (Å²) in [5, 5.41) is 42.0. The van der Waals surface area contributed by atoms with Gasteiger partial charge < -0.3 is 24.8 Å². The summed E-state index contributed by atoms with van der Waals surface area (Å²) in [7, 11) is 0. The highest BCUT2D eigenvalue weighted by Crippen LogP contribution is 2.22. The number of benzene rings is 2. The fourth-order valence-corrected chi connectivity index (χ4v) is 2.75. The number of hydrogen-bond donors (Lipinski definition) is 2. The summed E-state index contributed by atoms with van der Waals surface area (Å²) in [6, 6.07) is 13.2. The van der Waals surface area contributed by atoms with Crippen LogP contribution in [0.5, 0.6) is 5.75 Å². The first-order chi connectivity index (χ1) is 12.4. The summed E-state index contributed by atoms with van der Waals surface area (Å²) in [4.78, 5) is 10.4. The molecule has 1 aliphatic rings. The van der Waals surface area contributed by atoms with Crippen LogP contribution in [0.2, 0.25) is 0 Å². The molecule has 138 valence electrons. The van der Waals surface area contributed by atoms with E-state index in [0.717, 1.165) is 11.1 Å². The summed E-state index contributed by atoms with van der Waals surface area (Å²) in [6.45, 7) is -0.225. The Bertz CT molecular complexity index is 764. The number of aliphatic hydroxyl groups excluding tert-OH is 2. The summed E-state index contributed by atoms with van der Waals surface area (Å²) in [5.41, 5.74) is 1.73. The first-order valence-electron chi connectivity index (χ1n) is 8.06. The summed E-state index contributed by atoms with van der Waals surface area (Å²) in [6.07, 6.45) is -4.78. The van der Waals surface area contributed by atoms with Gasteiger partial charge in [-0.05, 0) is 29.7 Å². The monoisotopic (exact) mass is 360 g/mol. The Morgan fingerprint density at radius 3 is 2.58 bits per heavy atom. The topological polar surface area (TPSA) is 125 Å². The number of ether oxygens (including phenoxy) is 2. The number of hydrogen-bond acceptors (Lipinski definition) is 7. The van der Waals surface area contributed by atoms with E-state index in [1.165, 1.54) is 12.1 Å². The van der Waals surface area contributed by atoms with E-state index in [9.17, 15) is 25.4 Å². The zero-order valence-corrected chi connectivity index (χ0v) is 13.7. The number of nitrogens with zero attached hydrogens (tertiary/aromatic N) is 1. The van der Waals surface area contributed by atoms with Crippen molar-refractivity contribution in [1.82, 2.24) is 0 Å². The second kappa shape index (κ2) is 7.79. The molecule has 0 spiro atoms. The minimum absolute atomic E-state index is 0.0359. The standard InChI is InChI=1S/C18H18NO7/c20-15-10-25-18(22)17(16(15)21)26-14-6-4-11(5-7-14)8-12-2-1-3-13(9-12)19(23)24/h1-7,9,15-18,20-21H,8,10H2/q-1/t15-,16+,17-,18-/m1/s1. The van der Waals surface area contributed by atoms with E-state index in [0.29, 0.717) is 12.2 Å². The van der Waals surface area contributed by atoms with Crippen molar-refractivity contribution in [3.8, 4) is 5.75 Å². The molecule has 3 rings (SSSR count). The van der Waals surface area contributed by atoms with Crippen LogP contribution in [0, 0.1) is 10.1 Å². The van der Waals surface area contributed by atoms with E-state index in [1.807, 2.05) is 0 Å². The third-order valence-electron chi connectivity index (χ3n) is 4.16. The third-order valence-corrected chi connectivity index (χ3v) is 4.16. The van der Waals surface area contributed by atoms with Crippen LogP contribution in [0.15, 0.2) is 48.5 Å². The smallest absolute Gasteiger partial charge is 0.269 e. The van der Waals surface area contributed by atoms with Gasteiger partial charge in [-0.1, -0.05) is 24.3 Å². The van der Waals surface area contributed by atoms with Crippen LogP contribution in [0.3, 0.4) is 0 Å². The fourth-order valence-electron chi connectivity index (χ4n) is 2.75. The summed E-state index contributed by atoms with van der Waals surface area (Å²) >= 11 is 0. The highest BCUT2D eigenvalue weighted by molar-refractivity contribution is 5.38. The number of nitro benzene ring substituents is 1. The highest BCUT2D eigenvalue weighted by Gasteiger charge is 2.35. The van der Waals surface area contributed by atoms with Gasteiger partial charge in [-0.3, -0.25) is 10.1 Å². The first kappa shape index (κ1) is 18.3. The highest BCUT2D eigenvalue weighted by atomic mass is 16.6. The molecule has 8 nitrogen and oxygen atoms in total. The number of aliphatic hydroxyl groups is 2. The zero-order valence-electron chi connectivity index (χ0n) is 13.7. The van der Waals surface area contributed by atoms with E-state index < -0.39 is 29.5 Å². The fraction of sp³-hybridized carbons (Fsp3) is 0.333. The molecular weight excluding hydrogens is 342 g/mol. The molecule has 0 unspecified atom stereocenters. The van der Waals surface area contributed by atoms with Crippen LogP contribution in [-0.2, 0) is 11.2 Å². The lowest BCUT2D eigenvalue weighted by Gasteiger charge is -2.41. The van der Waals surface area contributed by atoms with Crippen LogP contribution in [-0.4, -0.2) is 46.3 Å². The maximum absolute atomic E-state index is 11.8. The molecule has 4 atom stereocenters. The molecule has 0 aromatic heterocycles. The number of rotatable bonds is 5. The van der Waals surface area contributed by atoms with E-state index in [-0.39, 0.29) is 12.3 Å². The van der Waals surface area contributed by atoms with Crippen molar-refractivity contribution >= 4 is 5.69 Å². The largest absolute Gasteiger partial charge is 0.828 e. The quantitative estimate of drug-likeness (QED) is 0.583. The van der Waals surface area contributed by atoms with Gasteiger partial charge in [-0.15, -0.1) is 0 Å². The Morgan fingerprint density at radius 2 is 1.88 bits per heavy atom. The number of non-ortho nitro benzene ring substituents is 1. The number of nitro groups is 1. The maximum atomic E-state index is 11.8. The Hall–Kier alpha value is -2.52. The van der Waals surface area contributed by atoms with Crippen LogP contribution >= 0.6 is 0 Å². The van der Waals surface area contributed by atoms with Gasteiger partial charge >= 0.3 is 0 Å². The minimum Gasteiger partial charge on any atom is -0.828 e. The molecule has 1 fully saturated rings. The molecule has 8 heteroatoms. The Morgan fingerprint density at radius 1 is 1.15 bits per heavy atom. The van der Waals surface area contributed by atoms with Gasteiger partial charge in [-0.25, -0.2) is 0 Å². The van der Waals surface area contributed by atoms with Crippen molar-refractivity contribution in [2.75, 3.05) is 6.61 Å². The van der Waals surface area contributed by atoms with Gasteiger partial charge in [0.05, 0.1) is 11.5 Å². The van der Waals surface area contributed by atoms with Crippen LogP contribution in [0.4, 0.5) is 5.69 Å². The Kier molecular flexibility index (Phi) is 5.48. The SMILES string of the molecule is O=[N+]([O-])c1cccc(Cc2ccc(O[C@@H]3[C@@H](O)[C@H](O)CO[C@H]3[O-])cc2)c1. The summed E-state index contributed by atoms with van der Waals surface area (Å²) < 4.78 is 10.3. The molecule has 1 heterocycles. The lowest BCUT2D eigenvalue weighted by atomic mass is 10.0. The lowest BCUT2D eigenvalue weighted by Crippen LogP contribution is -2.60. The van der Waals surface area contributed by atoms with Crippen molar-refractivity contribution in [1.29, 1.82) is 0 Å². The van der Waals surface area contributed by atoms with Crippen LogP contribution in [0.25, 0.3) is 0 Å². The summed E-state index contributed by atoms with van der Waals surface area (Å²) in [5.74, 6) is 0.357. The van der Waals surface area contributed by atoms with Crippen molar-refractivity contribution in [3.63, 3.8) is 0 Å². The van der Waals surface area contributed by atoms with Gasteiger partial charge in [-0.2, -0.15) is 0 Å². The van der Waals surface area contributed by atoms with E-state index in [2.05, 4.69) is 0 Å². The molecule has 1 aliphatic heterocycles. The lowest BCUT2D eigenvalue weighted by molar-refractivity contribution is -0.521. The normalized spacial score (nSPS) is 25.7. The average Bonchev–Trinajstić information content (AvgIpc) is 2.63. The molecular formula is C18H18NO7-. The van der Waals surface area contributed by atoms with Crippen LogP contribution in [0.1, 0.15) is 11.1 Å². The molecule has 2 N–H and O–H groups in total. The van der Waals surface area contributed by atoms with E-state index >= 15 is 0 Å². The van der Waals surface area contributed by atoms with E-state index in [1.54, 1.807) is 36.4 Å². The molecule has 0 radical (unpaired) electrons. The van der Waals surface area contributed by atoms with Gasteiger partial charge in [0.25, 0.3) is 5.69 Å². The van der Waals surface area contributed by atoms with E-state index in [4.69, 9.17) is 9.47 Å². The molecule has 2 aromatic carbocycles. The Labute approximate surface area is 149 Å². The van der Waals surface area contributed by atoms with Gasteiger partial charge in [0.15, 0.2) is 0 Å². The predicted molar refractivity (Wildman–Crippen MR) is 88.5 cm³/mol. The maximum Gasteiger partial charge on any atom is 0.269 e. The third kappa shape index (κ3) is 4.17. The van der Waals surface area contributed by atoms with Gasteiger partial charge in [0, 0.05) is 18.4 Å². The zero-order chi connectivity index (χ0) is 18.7. The molecule has 0 amide bonds. The molecule has 0 aliphatic carbocycles. The second-order valence-electron chi connectivity index (χ2n) is 6.09. The van der Waals surface area contributed by atoms with Crippen molar-refractivity contribution < 1.29 is 29.7 Å². The molecule has 0 saturated carbocycles. The first-order valence-corrected chi connectivity index (χ1v) is 8.06. The predicted octanol–water partition coefficient (Wildman–Crippen LogP) is 0.371. The van der Waals surface area contributed by atoms with Crippen LogP contribution < -0.4 is 9.84 Å². The molecule has 2 aromatic rings. The second-order valence-corrected chi connectivity index (χ2v) is 6.09. The molecule has 26 heavy (non-hydrogen) atoms. The van der Waals surface area contributed by atoms with Crippen molar-refractivity contribution in [2.24, 2.45) is 0 Å². The van der Waals surface area contributed by atoms with Gasteiger partial charge in [0.2, 0.25) is 0 Å². The van der Waals surface area contributed by atoms with Crippen molar-refractivity contribution in [2.45, 2.75) is 31.0 Å².